The molecule has 0 saturated carbocycles. The lowest BCUT2D eigenvalue weighted by Crippen LogP contribution is -2.46. The first-order valence-corrected chi connectivity index (χ1v) is 6.50. The van der Waals surface area contributed by atoms with Gasteiger partial charge in [-0.15, -0.1) is 0 Å². The summed E-state index contributed by atoms with van der Waals surface area (Å²) in [5.41, 5.74) is 1.52. The minimum Gasteiger partial charge on any atom is -0.394 e. The molecule has 1 amide bonds. The van der Waals surface area contributed by atoms with Gasteiger partial charge in [-0.25, -0.2) is 0 Å². The van der Waals surface area contributed by atoms with Crippen LogP contribution in [0.4, 0.5) is 0 Å². The Labute approximate surface area is 112 Å². The second-order valence-corrected chi connectivity index (χ2v) is 5.75. The molecule has 2 atom stereocenters. The predicted octanol–water partition coefficient (Wildman–Crippen LogP) is 0.933. The molecule has 2 heterocycles. The lowest BCUT2D eigenvalue weighted by molar-refractivity contribution is -0.00698. The van der Waals surface area contributed by atoms with E-state index in [2.05, 4.69) is 15.5 Å². The molecular formula is C13H21N3O3. The van der Waals surface area contributed by atoms with Crippen LogP contribution in [0.15, 0.2) is 0 Å². The summed E-state index contributed by atoms with van der Waals surface area (Å²) in [7, 11) is 0. The molecule has 0 saturated heterocycles. The Hall–Kier alpha value is -1.40. The smallest absolute Gasteiger partial charge is 0.272 e. The van der Waals surface area contributed by atoms with E-state index in [9.17, 15) is 9.90 Å². The molecule has 0 radical (unpaired) electrons. The molecule has 0 aliphatic carbocycles. The van der Waals surface area contributed by atoms with Gasteiger partial charge < -0.3 is 15.2 Å². The van der Waals surface area contributed by atoms with Crippen molar-refractivity contribution in [2.45, 2.75) is 51.9 Å². The summed E-state index contributed by atoms with van der Waals surface area (Å²) in [5.74, 6) is -0.266. The molecule has 1 aromatic heterocycles. The van der Waals surface area contributed by atoms with Crippen LogP contribution in [0.1, 0.15) is 55.5 Å². The molecule has 0 aromatic carbocycles. The Balaban J connectivity index is 2.25. The zero-order valence-electron chi connectivity index (χ0n) is 11.8. The second kappa shape index (κ2) is 4.94. The largest absolute Gasteiger partial charge is 0.394 e. The predicted molar refractivity (Wildman–Crippen MR) is 69.9 cm³/mol. The van der Waals surface area contributed by atoms with E-state index in [1.807, 2.05) is 13.8 Å². The zero-order chi connectivity index (χ0) is 14.2. The van der Waals surface area contributed by atoms with Gasteiger partial charge in [-0.3, -0.25) is 9.89 Å². The number of amides is 1. The van der Waals surface area contributed by atoms with Crippen LogP contribution in [0.25, 0.3) is 0 Å². The van der Waals surface area contributed by atoms with Crippen LogP contribution in [-0.4, -0.2) is 39.5 Å². The number of aliphatic hydroxyl groups is 1. The minimum absolute atomic E-state index is 0.0671. The van der Waals surface area contributed by atoms with Gasteiger partial charge in [0.15, 0.2) is 5.69 Å². The van der Waals surface area contributed by atoms with E-state index >= 15 is 0 Å². The highest BCUT2D eigenvalue weighted by molar-refractivity contribution is 5.94. The van der Waals surface area contributed by atoms with E-state index < -0.39 is 5.54 Å². The quantitative estimate of drug-likeness (QED) is 0.760. The molecule has 1 aliphatic rings. The van der Waals surface area contributed by atoms with Crippen molar-refractivity contribution in [2.75, 3.05) is 6.61 Å². The van der Waals surface area contributed by atoms with Gasteiger partial charge in [0.1, 0.15) is 0 Å². The van der Waals surface area contributed by atoms with Gasteiger partial charge >= 0.3 is 0 Å². The number of nitrogens with zero attached hydrogens (tertiary/aromatic N) is 1. The first-order valence-electron chi connectivity index (χ1n) is 6.50. The van der Waals surface area contributed by atoms with Crippen LogP contribution in [0.2, 0.25) is 0 Å². The van der Waals surface area contributed by atoms with Gasteiger partial charge in [0.2, 0.25) is 0 Å². The first kappa shape index (κ1) is 14.0. The minimum atomic E-state index is -0.661. The Kier molecular flexibility index (Phi) is 3.64. The van der Waals surface area contributed by atoms with Crippen LogP contribution in [0.3, 0.4) is 0 Å². The molecule has 19 heavy (non-hydrogen) atoms. The summed E-state index contributed by atoms with van der Waals surface area (Å²) < 4.78 is 5.68. The Morgan fingerprint density at radius 1 is 1.58 bits per heavy atom. The third kappa shape index (κ3) is 2.79. The molecular weight excluding hydrogens is 246 g/mol. The number of aromatic amines is 1. The van der Waals surface area contributed by atoms with Gasteiger partial charge in [-0.1, -0.05) is 0 Å². The lowest BCUT2D eigenvalue weighted by atomic mass is 9.99. The van der Waals surface area contributed by atoms with E-state index in [1.165, 1.54) is 0 Å². The zero-order valence-corrected chi connectivity index (χ0v) is 11.8. The second-order valence-electron chi connectivity index (χ2n) is 5.75. The molecule has 6 heteroatoms. The number of H-pyrrole nitrogens is 1. The van der Waals surface area contributed by atoms with Crippen molar-refractivity contribution in [3.63, 3.8) is 0 Å². The fourth-order valence-electron chi connectivity index (χ4n) is 2.27. The highest BCUT2D eigenvalue weighted by Gasteiger charge is 2.31. The molecule has 1 aromatic rings. The standard InChI is InChI=1S/C13H21N3O3/c1-7-5-9-10(8(2)19-7)15-16-11(9)12(18)14-13(3,4)6-17/h7-8,17H,5-6H2,1-4H3,(H,14,18)(H,15,16)/t7-,8+/m1/s1. The van der Waals surface area contributed by atoms with Gasteiger partial charge in [0, 0.05) is 12.0 Å². The fraction of sp³-hybridized carbons (Fsp3) is 0.692. The van der Waals surface area contributed by atoms with Crippen molar-refractivity contribution in [3.05, 3.63) is 17.0 Å². The summed E-state index contributed by atoms with van der Waals surface area (Å²) in [4.78, 5) is 12.2. The Morgan fingerprint density at radius 3 is 2.89 bits per heavy atom. The number of aromatic nitrogens is 2. The van der Waals surface area contributed by atoms with Crippen molar-refractivity contribution < 1.29 is 14.6 Å². The average Bonchev–Trinajstić information content (AvgIpc) is 2.72. The number of rotatable bonds is 3. The molecule has 0 fully saturated rings. The normalized spacial score (nSPS) is 23.0. The highest BCUT2D eigenvalue weighted by atomic mass is 16.5. The third-order valence-corrected chi connectivity index (χ3v) is 3.30. The first-order chi connectivity index (χ1) is 8.84. The maximum absolute atomic E-state index is 12.2. The highest BCUT2D eigenvalue weighted by Crippen LogP contribution is 2.30. The number of hydrogen-bond acceptors (Lipinski definition) is 4. The molecule has 1 aliphatic heterocycles. The van der Waals surface area contributed by atoms with Gasteiger partial charge in [0.25, 0.3) is 5.91 Å². The van der Waals surface area contributed by atoms with Crippen molar-refractivity contribution in [2.24, 2.45) is 0 Å². The summed E-state index contributed by atoms with van der Waals surface area (Å²) in [6, 6.07) is 0. The number of aliphatic hydroxyl groups excluding tert-OH is 1. The number of nitrogens with one attached hydrogen (secondary N) is 2. The summed E-state index contributed by atoms with van der Waals surface area (Å²) in [6.45, 7) is 7.32. The van der Waals surface area contributed by atoms with E-state index in [4.69, 9.17) is 4.74 Å². The molecule has 106 valence electrons. The maximum atomic E-state index is 12.2. The Morgan fingerprint density at radius 2 is 2.26 bits per heavy atom. The van der Waals surface area contributed by atoms with Crippen LogP contribution in [-0.2, 0) is 11.2 Å². The van der Waals surface area contributed by atoms with Crippen LogP contribution < -0.4 is 5.32 Å². The number of ether oxygens (including phenoxy) is 1. The van der Waals surface area contributed by atoms with E-state index in [-0.39, 0.29) is 24.7 Å². The fourth-order valence-corrected chi connectivity index (χ4v) is 2.27. The lowest BCUT2D eigenvalue weighted by Gasteiger charge is -2.26. The van der Waals surface area contributed by atoms with Crippen LogP contribution in [0, 0.1) is 0 Å². The van der Waals surface area contributed by atoms with E-state index in [0.29, 0.717) is 12.1 Å². The monoisotopic (exact) mass is 267 g/mol. The van der Waals surface area contributed by atoms with Gasteiger partial charge in [0.05, 0.1) is 30.0 Å². The topological polar surface area (TPSA) is 87.2 Å². The number of carbonyl (C=O) groups is 1. The van der Waals surface area contributed by atoms with Crippen molar-refractivity contribution in [3.8, 4) is 0 Å². The SMILES string of the molecule is C[C@@H]1Cc2c(C(=O)NC(C)(C)CO)n[nH]c2[C@H](C)O1. The van der Waals surface area contributed by atoms with Crippen molar-refractivity contribution in [1.29, 1.82) is 0 Å². The number of carbonyl (C=O) groups excluding carboxylic acids is 1. The third-order valence-electron chi connectivity index (χ3n) is 3.30. The Bertz CT molecular complexity index is 481. The summed E-state index contributed by atoms with van der Waals surface area (Å²) >= 11 is 0. The number of hydrogen-bond donors (Lipinski definition) is 3. The van der Waals surface area contributed by atoms with Crippen LogP contribution in [0.5, 0.6) is 0 Å². The summed E-state index contributed by atoms with van der Waals surface area (Å²) in [6.07, 6.45) is 0.648. The number of fused-ring (bicyclic) bond motifs is 1. The van der Waals surface area contributed by atoms with Crippen molar-refractivity contribution in [1.82, 2.24) is 15.5 Å². The molecule has 0 spiro atoms. The molecule has 6 nitrogen and oxygen atoms in total. The van der Waals surface area contributed by atoms with E-state index in [1.54, 1.807) is 13.8 Å². The molecule has 0 unspecified atom stereocenters. The summed E-state index contributed by atoms with van der Waals surface area (Å²) in [5, 5.41) is 19.0. The van der Waals surface area contributed by atoms with Crippen molar-refractivity contribution >= 4 is 5.91 Å². The van der Waals surface area contributed by atoms with Gasteiger partial charge in [-0.2, -0.15) is 5.10 Å². The maximum Gasteiger partial charge on any atom is 0.272 e. The average molecular weight is 267 g/mol. The van der Waals surface area contributed by atoms with E-state index in [0.717, 1.165) is 11.3 Å². The van der Waals surface area contributed by atoms with Crippen LogP contribution >= 0.6 is 0 Å². The van der Waals surface area contributed by atoms with Gasteiger partial charge in [-0.05, 0) is 27.7 Å². The molecule has 0 bridgehead atoms. The molecule has 3 N–H and O–H groups in total. The molecule has 2 rings (SSSR count).